The highest BCUT2D eigenvalue weighted by atomic mass is 35.5. The Balaban J connectivity index is 2.20. The molecule has 2 rings (SSSR count). The number of nitrogens with one attached hydrogen (secondary N) is 2. The number of amides is 2. The molecule has 28 heavy (non-hydrogen) atoms. The van der Waals surface area contributed by atoms with Crippen molar-refractivity contribution in [3.05, 3.63) is 59.1 Å². The van der Waals surface area contributed by atoms with Gasteiger partial charge in [-0.25, -0.2) is 0 Å². The van der Waals surface area contributed by atoms with Crippen LogP contribution in [0.15, 0.2) is 48.5 Å². The van der Waals surface area contributed by atoms with E-state index in [1.54, 1.807) is 30.1 Å². The van der Waals surface area contributed by atoms with Crippen LogP contribution in [0.5, 0.6) is 5.75 Å². The van der Waals surface area contributed by atoms with E-state index in [9.17, 15) is 9.59 Å². The number of likely N-dealkylation sites (N-methyl/N-ethyl adjacent to an activating group) is 1. The fourth-order valence-electron chi connectivity index (χ4n) is 2.83. The van der Waals surface area contributed by atoms with Crippen molar-refractivity contribution in [3.63, 3.8) is 0 Å². The third-order valence-corrected chi connectivity index (χ3v) is 4.48. The summed E-state index contributed by atoms with van der Waals surface area (Å²) < 4.78 is 5.14. The minimum Gasteiger partial charge on any atom is -0.495 e. The predicted molar refractivity (Wildman–Crippen MR) is 112 cm³/mol. The van der Waals surface area contributed by atoms with Crippen molar-refractivity contribution in [1.29, 1.82) is 0 Å². The molecule has 0 aliphatic rings. The summed E-state index contributed by atoms with van der Waals surface area (Å²) in [6.07, 6.45) is 0.857. The molecule has 0 heterocycles. The van der Waals surface area contributed by atoms with Gasteiger partial charge in [0.05, 0.1) is 18.7 Å². The molecule has 0 radical (unpaired) electrons. The Kier molecular flexibility index (Phi) is 8.29. The SMILES string of the molecule is CCCNC(=O)CN(C)[C@@H](C(=O)Nc1ccc(OC)c(Cl)c1)c1ccccc1. The van der Waals surface area contributed by atoms with E-state index in [4.69, 9.17) is 16.3 Å². The first-order valence-electron chi connectivity index (χ1n) is 9.12. The molecule has 0 aromatic heterocycles. The maximum absolute atomic E-state index is 13.1. The summed E-state index contributed by atoms with van der Waals surface area (Å²) in [4.78, 5) is 26.9. The highest BCUT2D eigenvalue weighted by molar-refractivity contribution is 6.32. The van der Waals surface area contributed by atoms with Gasteiger partial charge in [0.15, 0.2) is 0 Å². The van der Waals surface area contributed by atoms with Crippen LogP contribution in [0, 0.1) is 0 Å². The number of carbonyl (C=O) groups is 2. The van der Waals surface area contributed by atoms with Crippen molar-refractivity contribution in [2.45, 2.75) is 19.4 Å². The fourth-order valence-corrected chi connectivity index (χ4v) is 3.09. The maximum Gasteiger partial charge on any atom is 0.246 e. The minimum absolute atomic E-state index is 0.107. The number of rotatable bonds is 9. The van der Waals surface area contributed by atoms with Crippen LogP contribution < -0.4 is 15.4 Å². The van der Waals surface area contributed by atoms with Gasteiger partial charge in [0.2, 0.25) is 11.8 Å². The number of hydrogen-bond donors (Lipinski definition) is 2. The topological polar surface area (TPSA) is 70.7 Å². The van der Waals surface area contributed by atoms with E-state index in [2.05, 4.69) is 10.6 Å². The van der Waals surface area contributed by atoms with Gasteiger partial charge in [0.1, 0.15) is 11.8 Å². The number of nitrogens with zero attached hydrogens (tertiary/aromatic N) is 1. The largest absolute Gasteiger partial charge is 0.495 e. The zero-order valence-corrected chi connectivity index (χ0v) is 17.1. The summed E-state index contributed by atoms with van der Waals surface area (Å²) in [5, 5.41) is 6.12. The standard InChI is InChI=1S/C21H26ClN3O3/c1-4-12-23-19(26)14-25(2)20(15-8-6-5-7-9-15)21(27)24-16-10-11-18(28-3)17(22)13-16/h5-11,13,20H,4,12,14H2,1-3H3,(H,23,26)(H,24,27)/t20-/m1/s1. The second-order valence-electron chi connectivity index (χ2n) is 6.42. The van der Waals surface area contributed by atoms with Crippen molar-refractivity contribution in [2.24, 2.45) is 0 Å². The lowest BCUT2D eigenvalue weighted by molar-refractivity contribution is -0.125. The van der Waals surface area contributed by atoms with Crippen LogP contribution in [-0.2, 0) is 9.59 Å². The Morgan fingerprint density at radius 1 is 1.18 bits per heavy atom. The molecule has 2 N–H and O–H groups in total. The molecule has 7 heteroatoms. The van der Waals surface area contributed by atoms with Crippen molar-refractivity contribution in [2.75, 3.05) is 32.6 Å². The summed E-state index contributed by atoms with van der Waals surface area (Å²) in [6, 6.07) is 13.8. The number of hydrogen-bond acceptors (Lipinski definition) is 4. The van der Waals surface area contributed by atoms with E-state index in [1.807, 2.05) is 37.3 Å². The Morgan fingerprint density at radius 2 is 1.89 bits per heavy atom. The molecule has 0 fully saturated rings. The molecule has 6 nitrogen and oxygen atoms in total. The average Bonchev–Trinajstić information content (AvgIpc) is 2.67. The molecular formula is C21H26ClN3O3. The zero-order valence-electron chi connectivity index (χ0n) is 16.4. The molecule has 0 aliphatic carbocycles. The van der Waals surface area contributed by atoms with E-state index in [-0.39, 0.29) is 18.4 Å². The van der Waals surface area contributed by atoms with Crippen molar-refractivity contribution in [3.8, 4) is 5.75 Å². The summed E-state index contributed by atoms with van der Waals surface area (Å²) >= 11 is 6.15. The van der Waals surface area contributed by atoms with Gasteiger partial charge in [-0.1, -0.05) is 48.9 Å². The molecule has 2 aromatic carbocycles. The first-order valence-corrected chi connectivity index (χ1v) is 9.50. The first-order chi connectivity index (χ1) is 13.5. The van der Waals surface area contributed by atoms with Gasteiger partial charge in [0.25, 0.3) is 0 Å². The number of halogens is 1. The molecule has 1 atom stereocenters. The van der Waals surface area contributed by atoms with Crippen LogP contribution in [0.3, 0.4) is 0 Å². The van der Waals surface area contributed by atoms with E-state index < -0.39 is 6.04 Å². The Hall–Kier alpha value is -2.57. The lowest BCUT2D eigenvalue weighted by Crippen LogP contribution is -2.41. The molecule has 0 saturated heterocycles. The molecular weight excluding hydrogens is 378 g/mol. The molecule has 0 saturated carbocycles. The Bertz CT molecular complexity index is 799. The quantitative estimate of drug-likeness (QED) is 0.672. The van der Waals surface area contributed by atoms with Crippen LogP contribution in [0.2, 0.25) is 5.02 Å². The average molecular weight is 404 g/mol. The minimum atomic E-state index is -0.630. The van der Waals surface area contributed by atoms with Crippen LogP contribution in [0.1, 0.15) is 24.9 Å². The molecule has 0 unspecified atom stereocenters. The number of methoxy groups -OCH3 is 1. The Morgan fingerprint density at radius 3 is 2.50 bits per heavy atom. The molecule has 0 spiro atoms. The van der Waals surface area contributed by atoms with Crippen molar-refractivity contribution in [1.82, 2.24) is 10.2 Å². The van der Waals surface area contributed by atoms with Crippen molar-refractivity contribution < 1.29 is 14.3 Å². The maximum atomic E-state index is 13.1. The lowest BCUT2D eigenvalue weighted by Gasteiger charge is -2.27. The number of anilines is 1. The number of benzene rings is 2. The monoisotopic (exact) mass is 403 g/mol. The molecule has 2 aromatic rings. The summed E-state index contributed by atoms with van der Waals surface area (Å²) in [7, 11) is 3.28. The molecule has 2 amide bonds. The number of carbonyl (C=O) groups excluding carboxylic acids is 2. The van der Waals surface area contributed by atoms with Crippen molar-refractivity contribution >= 4 is 29.1 Å². The Labute approximate surface area is 170 Å². The van der Waals surface area contributed by atoms with Crippen LogP contribution in [0.4, 0.5) is 5.69 Å². The fraction of sp³-hybridized carbons (Fsp3) is 0.333. The van der Waals surface area contributed by atoms with E-state index >= 15 is 0 Å². The van der Waals surface area contributed by atoms with E-state index in [0.29, 0.717) is 23.0 Å². The van der Waals surface area contributed by atoms with Gasteiger partial charge in [-0.15, -0.1) is 0 Å². The lowest BCUT2D eigenvalue weighted by atomic mass is 10.0. The van der Waals surface area contributed by atoms with Gasteiger partial charge < -0.3 is 15.4 Å². The highest BCUT2D eigenvalue weighted by Crippen LogP contribution is 2.28. The third kappa shape index (κ3) is 5.97. The summed E-state index contributed by atoms with van der Waals surface area (Å²) in [6.45, 7) is 2.71. The molecule has 0 bridgehead atoms. The summed E-state index contributed by atoms with van der Waals surface area (Å²) in [5.41, 5.74) is 1.35. The normalized spacial score (nSPS) is 11.8. The second kappa shape index (κ2) is 10.7. The molecule has 0 aliphatic heterocycles. The van der Waals surface area contributed by atoms with E-state index in [1.165, 1.54) is 7.11 Å². The van der Waals surface area contributed by atoms with Gasteiger partial charge in [0, 0.05) is 12.2 Å². The van der Waals surface area contributed by atoms with Crippen LogP contribution >= 0.6 is 11.6 Å². The predicted octanol–water partition coefficient (Wildman–Crippen LogP) is 3.49. The van der Waals surface area contributed by atoms with Crippen LogP contribution in [0.25, 0.3) is 0 Å². The number of ether oxygens (including phenoxy) is 1. The third-order valence-electron chi connectivity index (χ3n) is 4.19. The van der Waals surface area contributed by atoms with Gasteiger partial charge in [-0.2, -0.15) is 0 Å². The van der Waals surface area contributed by atoms with Gasteiger partial charge in [-0.3, -0.25) is 14.5 Å². The molecule has 150 valence electrons. The first kappa shape index (κ1) is 21.7. The zero-order chi connectivity index (χ0) is 20.5. The second-order valence-corrected chi connectivity index (χ2v) is 6.82. The summed E-state index contributed by atoms with van der Waals surface area (Å²) in [5.74, 6) is 0.160. The van der Waals surface area contributed by atoms with Crippen LogP contribution in [-0.4, -0.2) is 44.0 Å². The van der Waals surface area contributed by atoms with E-state index in [0.717, 1.165) is 12.0 Å². The highest BCUT2D eigenvalue weighted by Gasteiger charge is 2.26. The van der Waals surface area contributed by atoms with Gasteiger partial charge >= 0.3 is 0 Å². The smallest absolute Gasteiger partial charge is 0.246 e. The van der Waals surface area contributed by atoms with Gasteiger partial charge in [-0.05, 0) is 37.2 Å².